The Morgan fingerprint density at radius 2 is 2.12 bits per heavy atom. The molecule has 0 aliphatic heterocycles. The minimum Gasteiger partial charge on any atom is -0.497 e. The molecule has 0 saturated heterocycles. The molecule has 7 heteroatoms. The highest BCUT2D eigenvalue weighted by Crippen LogP contribution is 2.18. The van der Waals surface area contributed by atoms with Crippen molar-refractivity contribution in [3.05, 3.63) is 54.0 Å². The van der Waals surface area contributed by atoms with Crippen LogP contribution in [-0.4, -0.2) is 31.3 Å². The van der Waals surface area contributed by atoms with Crippen LogP contribution in [0.2, 0.25) is 0 Å². The van der Waals surface area contributed by atoms with Gasteiger partial charge in [0.1, 0.15) is 18.1 Å². The van der Waals surface area contributed by atoms with Crippen LogP contribution in [0.25, 0.3) is 0 Å². The lowest BCUT2D eigenvalue weighted by Gasteiger charge is -2.16. The number of aliphatic hydroxyl groups is 1. The molecule has 6 nitrogen and oxygen atoms in total. The van der Waals surface area contributed by atoms with Crippen molar-refractivity contribution in [1.29, 1.82) is 0 Å². The maximum Gasteiger partial charge on any atom is 0.191 e. The van der Waals surface area contributed by atoms with E-state index in [0.717, 1.165) is 23.6 Å². The molecule has 0 spiro atoms. The van der Waals surface area contributed by atoms with E-state index in [-0.39, 0.29) is 24.0 Å². The van der Waals surface area contributed by atoms with Crippen LogP contribution in [0.1, 0.15) is 24.4 Å². The molecule has 0 aliphatic carbocycles. The van der Waals surface area contributed by atoms with Gasteiger partial charge in [-0.2, -0.15) is 0 Å². The zero-order valence-corrected chi connectivity index (χ0v) is 16.2. The highest BCUT2D eigenvalue weighted by Gasteiger charge is 2.09. The third-order valence-corrected chi connectivity index (χ3v) is 3.26. The van der Waals surface area contributed by atoms with Gasteiger partial charge in [0.15, 0.2) is 5.96 Å². The normalized spacial score (nSPS) is 12.2. The van der Waals surface area contributed by atoms with E-state index >= 15 is 0 Å². The quantitative estimate of drug-likeness (QED) is 0.347. The van der Waals surface area contributed by atoms with Gasteiger partial charge < -0.3 is 24.9 Å². The number of methoxy groups -OCH3 is 1. The molecule has 0 amide bonds. The lowest BCUT2D eigenvalue weighted by molar-refractivity contribution is 0.180. The van der Waals surface area contributed by atoms with E-state index in [1.54, 1.807) is 13.4 Å². The van der Waals surface area contributed by atoms with E-state index in [9.17, 15) is 5.11 Å². The molecule has 0 aliphatic rings. The van der Waals surface area contributed by atoms with Gasteiger partial charge in [-0.25, -0.2) is 4.99 Å². The number of nitrogens with zero attached hydrogens (tertiary/aromatic N) is 1. The summed E-state index contributed by atoms with van der Waals surface area (Å²) in [4.78, 5) is 4.42. The number of aliphatic imine (C=N–C) groups is 1. The van der Waals surface area contributed by atoms with Gasteiger partial charge in [0, 0.05) is 13.1 Å². The van der Waals surface area contributed by atoms with Crippen LogP contribution < -0.4 is 15.4 Å². The lowest BCUT2D eigenvalue weighted by atomic mass is 10.1. The molecule has 0 fully saturated rings. The smallest absolute Gasteiger partial charge is 0.191 e. The largest absolute Gasteiger partial charge is 0.497 e. The number of hydrogen-bond acceptors (Lipinski definition) is 4. The molecule has 1 heterocycles. The van der Waals surface area contributed by atoms with Gasteiger partial charge in [-0.3, -0.25) is 0 Å². The number of guanidine groups is 1. The standard InChI is InChI=1S/C17H23N3O3.HI/c1-3-18-17(19-11-15-8-5-9-23-15)20-12-16(21)13-6-4-7-14(10-13)22-2;/h4-10,16,21H,3,11-12H2,1-2H3,(H2,18,19,20);1H. The van der Waals surface area contributed by atoms with Crippen LogP contribution >= 0.6 is 24.0 Å². The van der Waals surface area contributed by atoms with Crippen LogP contribution in [0.5, 0.6) is 5.75 Å². The molecule has 2 rings (SSSR count). The Labute approximate surface area is 159 Å². The van der Waals surface area contributed by atoms with Crippen LogP contribution in [0.3, 0.4) is 0 Å². The summed E-state index contributed by atoms with van der Waals surface area (Å²) in [7, 11) is 1.61. The van der Waals surface area contributed by atoms with Gasteiger partial charge in [0.05, 0.1) is 19.5 Å². The van der Waals surface area contributed by atoms with Crippen molar-refractivity contribution in [1.82, 2.24) is 10.6 Å². The van der Waals surface area contributed by atoms with E-state index in [2.05, 4.69) is 15.6 Å². The number of ether oxygens (including phenoxy) is 1. The first-order chi connectivity index (χ1) is 11.2. The maximum atomic E-state index is 10.3. The zero-order chi connectivity index (χ0) is 16.5. The SMILES string of the molecule is CCNC(=NCc1ccco1)NCC(O)c1cccc(OC)c1.I. The summed E-state index contributed by atoms with van der Waals surface area (Å²) in [5.41, 5.74) is 0.790. The molecule has 0 saturated carbocycles. The van der Waals surface area contributed by atoms with E-state index < -0.39 is 6.10 Å². The Balaban J connectivity index is 0.00000288. The Morgan fingerprint density at radius 3 is 2.79 bits per heavy atom. The molecular formula is C17H24IN3O3. The van der Waals surface area contributed by atoms with Crippen molar-refractivity contribution in [3.8, 4) is 5.75 Å². The first-order valence-electron chi connectivity index (χ1n) is 7.59. The van der Waals surface area contributed by atoms with Crippen molar-refractivity contribution in [2.24, 2.45) is 4.99 Å². The van der Waals surface area contributed by atoms with Gasteiger partial charge in [-0.05, 0) is 36.8 Å². The fourth-order valence-corrected chi connectivity index (χ4v) is 2.06. The average molecular weight is 445 g/mol. The van der Waals surface area contributed by atoms with E-state index in [4.69, 9.17) is 9.15 Å². The first kappa shape index (κ1) is 20.3. The zero-order valence-electron chi connectivity index (χ0n) is 13.9. The van der Waals surface area contributed by atoms with Crippen LogP contribution in [0.15, 0.2) is 52.1 Å². The highest BCUT2D eigenvalue weighted by molar-refractivity contribution is 14.0. The minimum absolute atomic E-state index is 0. The second kappa shape index (κ2) is 10.9. The Hall–Kier alpha value is -1.74. The number of halogens is 1. The van der Waals surface area contributed by atoms with Gasteiger partial charge in [0.2, 0.25) is 0 Å². The van der Waals surface area contributed by atoms with Crippen molar-refractivity contribution in [2.45, 2.75) is 19.6 Å². The molecule has 1 aromatic carbocycles. The number of benzene rings is 1. The summed E-state index contributed by atoms with van der Waals surface area (Å²) >= 11 is 0. The third-order valence-electron chi connectivity index (χ3n) is 3.26. The lowest BCUT2D eigenvalue weighted by Crippen LogP contribution is -2.39. The van der Waals surface area contributed by atoms with Crippen LogP contribution in [0, 0.1) is 0 Å². The average Bonchev–Trinajstić information content (AvgIpc) is 3.10. The summed E-state index contributed by atoms with van der Waals surface area (Å²) in [6.07, 6.45) is 0.968. The number of furan rings is 1. The molecule has 3 N–H and O–H groups in total. The number of hydrogen-bond donors (Lipinski definition) is 3. The fraction of sp³-hybridized carbons (Fsp3) is 0.353. The Morgan fingerprint density at radius 1 is 1.29 bits per heavy atom. The van der Waals surface area contributed by atoms with Crippen LogP contribution in [0.4, 0.5) is 0 Å². The Kier molecular flexibility index (Phi) is 9.24. The number of rotatable bonds is 7. The van der Waals surface area contributed by atoms with Gasteiger partial charge in [-0.1, -0.05) is 12.1 Å². The third kappa shape index (κ3) is 6.40. The Bertz CT molecular complexity index is 617. The van der Waals surface area contributed by atoms with Crippen LogP contribution in [-0.2, 0) is 6.54 Å². The molecule has 1 aromatic heterocycles. The predicted octanol–water partition coefficient (Wildman–Crippen LogP) is 2.69. The molecular weight excluding hydrogens is 421 g/mol. The summed E-state index contributed by atoms with van der Waals surface area (Å²) in [6, 6.07) is 11.1. The predicted molar refractivity (Wildman–Crippen MR) is 105 cm³/mol. The topological polar surface area (TPSA) is 79.0 Å². The van der Waals surface area contributed by atoms with Gasteiger partial charge >= 0.3 is 0 Å². The number of aliphatic hydroxyl groups excluding tert-OH is 1. The fourth-order valence-electron chi connectivity index (χ4n) is 2.06. The maximum absolute atomic E-state index is 10.3. The van der Waals surface area contributed by atoms with E-state index in [1.807, 2.05) is 43.3 Å². The van der Waals surface area contributed by atoms with Gasteiger partial charge in [-0.15, -0.1) is 24.0 Å². The van der Waals surface area contributed by atoms with Crippen molar-refractivity contribution in [2.75, 3.05) is 20.2 Å². The van der Waals surface area contributed by atoms with Crippen molar-refractivity contribution in [3.63, 3.8) is 0 Å². The van der Waals surface area contributed by atoms with E-state index in [1.165, 1.54) is 0 Å². The molecule has 2 aromatic rings. The van der Waals surface area contributed by atoms with Crippen molar-refractivity contribution >= 4 is 29.9 Å². The minimum atomic E-state index is -0.655. The number of nitrogens with one attached hydrogen (secondary N) is 2. The summed E-state index contributed by atoms with van der Waals surface area (Å²) in [5.74, 6) is 2.14. The molecule has 24 heavy (non-hydrogen) atoms. The molecule has 0 bridgehead atoms. The molecule has 1 unspecified atom stereocenters. The summed E-state index contributed by atoms with van der Waals surface area (Å²) < 4.78 is 10.4. The monoisotopic (exact) mass is 445 g/mol. The highest BCUT2D eigenvalue weighted by atomic mass is 127. The second-order valence-corrected chi connectivity index (χ2v) is 4.95. The molecule has 1 atom stereocenters. The first-order valence-corrected chi connectivity index (χ1v) is 7.59. The molecule has 0 radical (unpaired) electrons. The van der Waals surface area contributed by atoms with Crippen molar-refractivity contribution < 1.29 is 14.3 Å². The van der Waals surface area contributed by atoms with E-state index in [0.29, 0.717) is 19.0 Å². The second-order valence-electron chi connectivity index (χ2n) is 4.95. The van der Waals surface area contributed by atoms with Gasteiger partial charge in [0.25, 0.3) is 0 Å². The summed E-state index contributed by atoms with van der Waals surface area (Å²) in [5, 5.41) is 16.6. The molecule has 132 valence electrons. The summed E-state index contributed by atoms with van der Waals surface area (Å²) in [6.45, 7) is 3.51.